The molecule has 2 aromatic carbocycles. The quantitative estimate of drug-likeness (QED) is 0.639. The standard InChI is InChI=1S/C24H32N4O/c1-19-8-6-7-11-22(19)23-18-28(14-15-29-23)24(25-2)26-16-20-12-13-27(17-20)21-9-4-3-5-10-21/h3-11,20,23H,12-18H2,1-2H3,(H,25,26). The van der Waals surface area contributed by atoms with Crippen LogP contribution in [0.4, 0.5) is 5.69 Å². The van der Waals surface area contributed by atoms with Crippen molar-refractivity contribution in [2.24, 2.45) is 10.9 Å². The number of aliphatic imine (C=N–C) groups is 1. The summed E-state index contributed by atoms with van der Waals surface area (Å²) < 4.78 is 6.08. The van der Waals surface area contributed by atoms with Gasteiger partial charge in [-0.05, 0) is 42.5 Å². The third-order valence-electron chi connectivity index (χ3n) is 6.07. The Hall–Kier alpha value is -2.53. The molecule has 1 N–H and O–H groups in total. The Morgan fingerprint density at radius 1 is 1.07 bits per heavy atom. The van der Waals surface area contributed by atoms with E-state index in [4.69, 9.17) is 4.74 Å². The summed E-state index contributed by atoms with van der Waals surface area (Å²) in [6.45, 7) is 7.79. The van der Waals surface area contributed by atoms with Crippen LogP contribution in [0.5, 0.6) is 0 Å². The fourth-order valence-corrected chi connectivity index (χ4v) is 4.42. The second-order valence-electron chi connectivity index (χ2n) is 8.03. The lowest BCUT2D eigenvalue weighted by molar-refractivity contribution is -0.00835. The van der Waals surface area contributed by atoms with Crippen LogP contribution in [0.3, 0.4) is 0 Å². The predicted molar refractivity (Wildman–Crippen MR) is 120 cm³/mol. The maximum Gasteiger partial charge on any atom is 0.193 e. The highest BCUT2D eigenvalue weighted by atomic mass is 16.5. The fraction of sp³-hybridized carbons (Fsp3) is 0.458. The summed E-state index contributed by atoms with van der Waals surface area (Å²) in [7, 11) is 1.88. The van der Waals surface area contributed by atoms with Crippen LogP contribution >= 0.6 is 0 Å². The molecule has 2 aliphatic heterocycles. The number of nitrogens with one attached hydrogen (secondary N) is 1. The van der Waals surface area contributed by atoms with Gasteiger partial charge in [-0.1, -0.05) is 42.5 Å². The Kier molecular flexibility index (Phi) is 6.35. The number of anilines is 1. The van der Waals surface area contributed by atoms with E-state index in [1.54, 1.807) is 0 Å². The number of benzene rings is 2. The number of aryl methyl sites for hydroxylation is 1. The zero-order valence-electron chi connectivity index (χ0n) is 17.6. The Bertz CT molecular complexity index is 823. The van der Waals surface area contributed by atoms with Crippen LogP contribution in [0.15, 0.2) is 59.6 Å². The van der Waals surface area contributed by atoms with E-state index < -0.39 is 0 Å². The number of rotatable bonds is 4. The Morgan fingerprint density at radius 3 is 2.66 bits per heavy atom. The van der Waals surface area contributed by atoms with Gasteiger partial charge in [0.15, 0.2) is 5.96 Å². The van der Waals surface area contributed by atoms with Crippen molar-refractivity contribution in [2.45, 2.75) is 19.4 Å². The number of guanidine groups is 1. The molecule has 0 amide bonds. The molecule has 2 atom stereocenters. The van der Waals surface area contributed by atoms with Gasteiger partial charge in [0.1, 0.15) is 6.10 Å². The highest BCUT2D eigenvalue weighted by molar-refractivity contribution is 5.80. The van der Waals surface area contributed by atoms with Gasteiger partial charge in [-0.15, -0.1) is 0 Å². The zero-order valence-corrected chi connectivity index (χ0v) is 17.6. The monoisotopic (exact) mass is 392 g/mol. The molecule has 154 valence electrons. The number of nitrogens with zero attached hydrogens (tertiary/aromatic N) is 3. The SMILES string of the molecule is CN=C(NCC1CCN(c2ccccc2)C1)N1CCOC(c2ccccc2C)C1. The average molecular weight is 393 g/mol. The molecule has 2 heterocycles. The lowest BCUT2D eigenvalue weighted by Crippen LogP contribution is -2.49. The van der Waals surface area contributed by atoms with E-state index in [-0.39, 0.29) is 6.10 Å². The summed E-state index contributed by atoms with van der Waals surface area (Å²) in [4.78, 5) is 9.38. The van der Waals surface area contributed by atoms with E-state index in [0.717, 1.165) is 45.3 Å². The number of morpholine rings is 1. The molecule has 29 heavy (non-hydrogen) atoms. The maximum atomic E-state index is 6.08. The molecule has 0 bridgehead atoms. The third-order valence-corrected chi connectivity index (χ3v) is 6.07. The Morgan fingerprint density at radius 2 is 1.86 bits per heavy atom. The van der Waals surface area contributed by atoms with Crippen LogP contribution in [-0.4, -0.2) is 57.2 Å². The van der Waals surface area contributed by atoms with Crippen LogP contribution in [0.2, 0.25) is 0 Å². The molecule has 4 rings (SSSR count). The van der Waals surface area contributed by atoms with Crippen LogP contribution in [0.25, 0.3) is 0 Å². The molecular formula is C24H32N4O. The van der Waals surface area contributed by atoms with Crippen molar-refractivity contribution in [1.29, 1.82) is 0 Å². The van der Waals surface area contributed by atoms with E-state index in [1.165, 1.54) is 23.2 Å². The van der Waals surface area contributed by atoms with Gasteiger partial charge in [-0.2, -0.15) is 0 Å². The summed E-state index contributed by atoms with van der Waals surface area (Å²) in [6, 6.07) is 19.2. The minimum absolute atomic E-state index is 0.101. The first-order valence-electron chi connectivity index (χ1n) is 10.7. The lowest BCUT2D eigenvalue weighted by atomic mass is 10.0. The molecular weight excluding hydrogens is 360 g/mol. The van der Waals surface area contributed by atoms with Gasteiger partial charge in [-0.3, -0.25) is 4.99 Å². The Labute approximate surface area is 174 Å². The van der Waals surface area contributed by atoms with Crippen molar-refractivity contribution in [1.82, 2.24) is 10.2 Å². The van der Waals surface area contributed by atoms with Crippen molar-refractivity contribution in [3.05, 3.63) is 65.7 Å². The van der Waals surface area contributed by atoms with Gasteiger partial charge >= 0.3 is 0 Å². The molecule has 0 aromatic heterocycles. The third kappa shape index (κ3) is 4.73. The molecule has 5 nitrogen and oxygen atoms in total. The Balaban J connectivity index is 1.32. The van der Waals surface area contributed by atoms with Gasteiger partial charge in [0, 0.05) is 38.9 Å². The highest BCUT2D eigenvalue weighted by Gasteiger charge is 2.27. The largest absolute Gasteiger partial charge is 0.371 e. The van der Waals surface area contributed by atoms with Crippen LogP contribution in [0.1, 0.15) is 23.7 Å². The van der Waals surface area contributed by atoms with Crippen molar-refractivity contribution >= 4 is 11.6 Å². The molecule has 0 saturated carbocycles. The minimum atomic E-state index is 0.101. The summed E-state index contributed by atoms with van der Waals surface area (Å²) in [5.41, 5.74) is 3.89. The summed E-state index contributed by atoms with van der Waals surface area (Å²) in [5.74, 6) is 1.63. The fourth-order valence-electron chi connectivity index (χ4n) is 4.42. The minimum Gasteiger partial charge on any atom is -0.371 e. The molecule has 2 fully saturated rings. The topological polar surface area (TPSA) is 40.1 Å². The van der Waals surface area contributed by atoms with E-state index in [2.05, 4.69) is 81.6 Å². The molecule has 2 unspecified atom stereocenters. The number of para-hydroxylation sites is 1. The first-order valence-corrected chi connectivity index (χ1v) is 10.7. The second-order valence-corrected chi connectivity index (χ2v) is 8.03. The lowest BCUT2D eigenvalue weighted by Gasteiger charge is -2.36. The number of ether oxygens (including phenoxy) is 1. The van der Waals surface area contributed by atoms with Gasteiger partial charge < -0.3 is 19.9 Å². The average Bonchev–Trinajstić information content (AvgIpc) is 3.24. The van der Waals surface area contributed by atoms with Gasteiger partial charge in [-0.25, -0.2) is 0 Å². The van der Waals surface area contributed by atoms with Crippen molar-refractivity contribution in [3.63, 3.8) is 0 Å². The summed E-state index contributed by atoms with van der Waals surface area (Å²) >= 11 is 0. The molecule has 5 heteroatoms. The normalized spacial score (nSPS) is 22.8. The van der Waals surface area contributed by atoms with E-state index in [9.17, 15) is 0 Å². The molecule has 2 aromatic rings. The summed E-state index contributed by atoms with van der Waals surface area (Å²) in [5, 5.41) is 3.63. The first-order chi connectivity index (χ1) is 14.2. The zero-order chi connectivity index (χ0) is 20.1. The predicted octanol–water partition coefficient (Wildman–Crippen LogP) is 3.47. The molecule has 0 radical (unpaired) electrons. The first kappa shape index (κ1) is 19.8. The van der Waals surface area contributed by atoms with Gasteiger partial charge in [0.2, 0.25) is 0 Å². The molecule has 0 aliphatic carbocycles. The maximum absolute atomic E-state index is 6.08. The molecule has 0 spiro atoms. The number of hydrogen-bond acceptors (Lipinski definition) is 3. The molecule has 2 saturated heterocycles. The highest BCUT2D eigenvalue weighted by Crippen LogP contribution is 2.26. The van der Waals surface area contributed by atoms with Crippen molar-refractivity contribution in [2.75, 3.05) is 51.3 Å². The van der Waals surface area contributed by atoms with Crippen molar-refractivity contribution < 1.29 is 4.74 Å². The van der Waals surface area contributed by atoms with Crippen LogP contribution in [-0.2, 0) is 4.74 Å². The van der Waals surface area contributed by atoms with Crippen molar-refractivity contribution in [3.8, 4) is 0 Å². The van der Waals surface area contributed by atoms with E-state index in [0.29, 0.717) is 5.92 Å². The second kappa shape index (κ2) is 9.31. The summed E-state index contributed by atoms with van der Waals surface area (Å²) in [6.07, 6.45) is 1.32. The smallest absolute Gasteiger partial charge is 0.193 e. The van der Waals surface area contributed by atoms with E-state index >= 15 is 0 Å². The number of hydrogen-bond donors (Lipinski definition) is 1. The van der Waals surface area contributed by atoms with Gasteiger partial charge in [0.05, 0.1) is 13.2 Å². The van der Waals surface area contributed by atoms with E-state index in [1.807, 2.05) is 7.05 Å². The van der Waals surface area contributed by atoms with Crippen LogP contribution < -0.4 is 10.2 Å². The van der Waals surface area contributed by atoms with Gasteiger partial charge in [0.25, 0.3) is 0 Å². The molecule has 2 aliphatic rings. The van der Waals surface area contributed by atoms with Crippen LogP contribution in [0, 0.1) is 12.8 Å².